The Kier molecular flexibility index (Phi) is 4.26. The van der Waals surface area contributed by atoms with Gasteiger partial charge < -0.3 is 5.73 Å². The molecular weight excluding hydrogens is 296 g/mol. The molecule has 2 rings (SSSR count). The molecule has 0 fully saturated rings. The van der Waals surface area contributed by atoms with Crippen molar-refractivity contribution in [1.29, 1.82) is 0 Å². The zero-order valence-electron chi connectivity index (χ0n) is 10.4. The largest absolute Gasteiger partial charge is 0.389 e. The van der Waals surface area contributed by atoms with E-state index in [4.69, 9.17) is 18.0 Å². The number of nitrogens with one attached hydrogen (secondary N) is 1. The highest BCUT2D eigenvalue weighted by Gasteiger charge is 2.15. The van der Waals surface area contributed by atoms with Gasteiger partial charge in [0.15, 0.2) is 5.82 Å². The zero-order valence-corrected chi connectivity index (χ0v) is 12.0. The molecule has 20 heavy (non-hydrogen) atoms. The van der Waals surface area contributed by atoms with Crippen LogP contribution in [0.3, 0.4) is 0 Å². The van der Waals surface area contributed by atoms with E-state index in [1.54, 1.807) is 24.3 Å². The number of hydrogen-bond acceptors (Lipinski definition) is 5. The molecule has 0 unspecified atom stereocenters. The minimum Gasteiger partial charge on any atom is -0.389 e. The first-order chi connectivity index (χ1) is 9.48. The van der Waals surface area contributed by atoms with Crippen molar-refractivity contribution in [3.8, 4) is 0 Å². The molecule has 6 nitrogen and oxygen atoms in total. The number of aromatic nitrogens is 2. The van der Waals surface area contributed by atoms with E-state index in [-0.39, 0.29) is 16.6 Å². The van der Waals surface area contributed by atoms with Gasteiger partial charge in [0.05, 0.1) is 11.9 Å². The molecule has 104 valence electrons. The van der Waals surface area contributed by atoms with Gasteiger partial charge in [0.1, 0.15) is 4.99 Å². The summed E-state index contributed by atoms with van der Waals surface area (Å²) in [4.78, 5) is 7.81. The molecule has 0 spiro atoms. The molecule has 0 atom stereocenters. The predicted octanol–water partition coefficient (Wildman–Crippen LogP) is 1.05. The summed E-state index contributed by atoms with van der Waals surface area (Å²) in [7, 11) is -3.61. The summed E-state index contributed by atoms with van der Waals surface area (Å²) in [6, 6.07) is 6.84. The van der Waals surface area contributed by atoms with Crippen LogP contribution >= 0.6 is 12.2 Å². The Morgan fingerprint density at radius 3 is 2.70 bits per heavy atom. The highest BCUT2D eigenvalue weighted by molar-refractivity contribution is 7.91. The Bertz CT molecular complexity index is 717. The van der Waals surface area contributed by atoms with Crippen molar-refractivity contribution in [2.45, 2.75) is 5.75 Å². The average Bonchev–Trinajstić information content (AvgIpc) is 2.39. The maximum Gasteiger partial charge on any atom is 0.238 e. The van der Waals surface area contributed by atoms with Gasteiger partial charge in [-0.15, -0.1) is 0 Å². The average molecular weight is 308 g/mol. The van der Waals surface area contributed by atoms with Crippen LogP contribution < -0.4 is 10.5 Å². The van der Waals surface area contributed by atoms with Gasteiger partial charge in [0.25, 0.3) is 0 Å². The van der Waals surface area contributed by atoms with E-state index in [2.05, 4.69) is 14.7 Å². The number of nitrogens with zero attached hydrogens (tertiary/aromatic N) is 2. The normalized spacial score (nSPS) is 11.0. The standard InChI is InChI=1S/C12H12N4O2S2/c13-12(19)10-4-2-1-3-9(10)8-20(17,18)16-11-7-14-5-6-15-11/h1-7H,8H2,(H2,13,19)(H,15,16). The third kappa shape index (κ3) is 3.72. The van der Waals surface area contributed by atoms with Gasteiger partial charge in [-0.1, -0.05) is 36.5 Å². The molecule has 0 aliphatic rings. The lowest BCUT2D eigenvalue weighted by Crippen LogP contribution is -2.19. The van der Waals surface area contributed by atoms with Gasteiger partial charge in [0.2, 0.25) is 10.0 Å². The van der Waals surface area contributed by atoms with Crippen LogP contribution in [-0.2, 0) is 15.8 Å². The first-order valence-corrected chi connectivity index (χ1v) is 7.68. The SMILES string of the molecule is NC(=S)c1ccccc1CS(=O)(=O)Nc1cnccn1. The van der Waals surface area contributed by atoms with Crippen molar-refractivity contribution < 1.29 is 8.42 Å². The van der Waals surface area contributed by atoms with Gasteiger partial charge in [-0.05, 0) is 5.56 Å². The zero-order chi connectivity index (χ0) is 14.6. The molecule has 0 aliphatic carbocycles. The number of hydrogen-bond donors (Lipinski definition) is 2. The summed E-state index contributed by atoms with van der Waals surface area (Å²) in [5, 5.41) is 0. The van der Waals surface area contributed by atoms with E-state index in [0.717, 1.165) is 0 Å². The predicted molar refractivity (Wildman–Crippen MR) is 80.6 cm³/mol. The molecule has 1 heterocycles. The second kappa shape index (κ2) is 5.93. The van der Waals surface area contributed by atoms with E-state index < -0.39 is 10.0 Å². The van der Waals surface area contributed by atoms with E-state index >= 15 is 0 Å². The van der Waals surface area contributed by atoms with Crippen LogP contribution in [0.4, 0.5) is 5.82 Å². The van der Waals surface area contributed by atoms with Crippen LogP contribution in [-0.4, -0.2) is 23.4 Å². The molecule has 0 bridgehead atoms. The Morgan fingerprint density at radius 1 is 1.30 bits per heavy atom. The smallest absolute Gasteiger partial charge is 0.238 e. The van der Waals surface area contributed by atoms with Crippen LogP contribution in [0.1, 0.15) is 11.1 Å². The Morgan fingerprint density at radius 2 is 2.05 bits per heavy atom. The van der Waals surface area contributed by atoms with Crippen LogP contribution in [0.25, 0.3) is 0 Å². The topological polar surface area (TPSA) is 98.0 Å². The fourth-order valence-electron chi connectivity index (χ4n) is 1.64. The lowest BCUT2D eigenvalue weighted by molar-refractivity contribution is 0.600. The summed E-state index contributed by atoms with van der Waals surface area (Å²) < 4.78 is 26.5. The third-order valence-corrected chi connectivity index (χ3v) is 3.88. The molecule has 1 aromatic carbocycles. The van der Waals surface area contributed by atoms with E-state index in [0.29, 0.717) is 11.1 Å². The number of rotatable bonds is 5. The maximum absolute atomic E-state index is 12.1. The summed E-state index contributed by atoms with van der Waals surface area (Å²) >= 11 is 4.91. The van der Waals surface area contributed by atoms with Gasteiger partial charge >= 0.3 is 0 Å². The summed E-state index contributed by atoms with van der Waals surface area (Å²) in [5.74, 6) is -0.0721. The van der Waals surface area contributed by atoms with E-state index in [1.807, 2.05) is 0 Å². The van der Waals surface area contributed by atoms with Crippen LogP contribution in [0.5, 0.6) is 0 Å². The molecule has 8 heteroatoms. The Labute approximate surface area is 122 Å². The first kappa shape index (κ1) is 14.4. The monoisotopic (exact) mass is 308 g/mol. The lowest BCUT2D eigenvalue weighted by atomic mass is 10.1. The Balaban J connectivity index is 2.23. The van der Waals surface area contributed by atoms with E-state index in [1.165, 1.54) is 18.6 Å². The second-order valence-corrected chi connectivity index (χ2v) is 6.14. The first-order valence-electron chi connectivity index (χ1n) is 5.62. The number of sulfonamides is 1. The molecule has 0 radical (unpaired) electrons. The van der Waals surface area contributed by atoms with Gasteiger partial charge in [-0.25, -0.2) is 13.4 Å². The molecule has 0 amide bonds. The minimum atomic E-state index is -3.61. The van der Waals surface area contributed by atoms with Gasteiger partial charge in [-0.2, -0.15) is 0 Å². The van der Waals surface area contributed by atoms with Crippen molar-refractivity contribution in [1.82, 2.24) is 9.97 Å². The molecule has 1 aromatic heterocycles. The number of anilines is 1. The third-order valence-electron chi connectivity index (χ3n) is 2.45. The fourth-order valence-corrected chi connectivity index (χ4v) is 2.99. The van der Waals surface area contributed by atoms with Crippen molar-refractivity contribution >= 4 is 33.0 Å². The van der Waals surface area contributed by atoms with Gasteiger partial charge in [0, 0.05) is 18.0 Å². The van der Waals surface area contributed by atoms with Crippen LogP contribution in [0.2, 0.25) is 0 Å². The highest BCUT2D eigenvalue weighted by atomic mass is 32.2. The second-order valence-electron chi connectivity index (χ2n) is 3.97. The molecule has 0 aliphatic heterocycles. The fraction of sp³-hybridized carbons (Fsp3) is 0.0833. The highest BCUT2D eigenvalue weighted by Crippen LogP contribution is 2.14. The van der Waals surface area contributed by atoms with Crippen LogP contribution in [0, 0.1) is 0 Å². The van der Waals surface area contributed by atoms with Crippen molar-refractivity contribution in [3.63, 3.8) is 0 Å². The summed E-state index contributed by atoms with van der Waals surface area (Å²) in [5.41, 5.74) is 6.67. The quantitative estimate of drug-likeness (QED) is 0.801. The molecule has 2 aromatic rings. The summed E-state index contributed by atoms with van der Waals surface area (Å²) in [6.07, 6.45) is 4.19. The van der Waals surface area contributed by atoms with E-state index in [9.17, 15) is 8.42 Å². The summed E-state index contributed by atoms with van der Waals surface area (Å²) in [6.45, 7) is 0. The number of benzene rings is 1. The maximum atomic E-state index is 12.1. The van der Waals surface area contributed by atoms with Crippen molar-refractivity contribution in [2.24, 2.45) is 5.73 Å². The molecule has 0 saturated heterocycles. The van der Waals surface area contributed by atoms with Crippen molar-refractivity contribution in [2.75, 3.05) is 4.72 Å². The minimum absolute atomic E-state index is 0.162. The molecular formula is C12H12N4O2S2. The Hall–Kier alpha value is -2.06. The van der Waals surface area contributed by atoms with Gasteiger partial charge in [-0.3, -0.25) is 9.71 Å². The molecule has 0 saturated carbocycles. The number of thiocarbonyl (C=S) groups is 1. The van der Waals surface area contributed by atoms with Crippen molar-refractivity contribution in [3.05, 3.63) is 54.0 Å². The lowest BCUT2D eigenvalue weighted by Gasteiger charge is -2.10. The van der Waals surface area contributed by atoms with Crippen LogP contribution in [0.15, 0.2) is 42.9 Å². The molecule has 3 N–H and O–H groups in total. The number of nitrogens with two attached hydrogens (primary N) is 1.